The van der Waals surface area contributed by atoms with E-state index in [0.29, 0.717) is 18.8 Å². The summed E-state index contributed by atoms with van der Waals surface area (Å²) in [6, 6.07) is 4.50. The third-order valence-corrected chi connectivity index (χ3v) is 3.83. The maximum absolute atomic E-state index is 12.7. The second-order valence-electron chi connectivity index (χ2n) is 6.14. The van der Waals surface area contributed by atoms with Gasteiger partial charge in [0, 0.05) is 0 Å². The minimum atomic E-state index is -4.37. The van der Waals surface area contributed by atoms with Crippen LogP contribution in [0, 0.1) is 5.92 Å². The molecule has 1 fully saturated rings. The van der Waals surface area contributed by atoms with Crippen LogP contribution in [-0.4, -0.2) is 25.4 Å². The van der Waals surface area contributed by atoms with Gasteiger partial charge in [-0.2, -0.15) is 13.2 Å². The predicted octanol–water partition coefficient (Wildman–Crippen LogP) is 3.67. The summed E-state index contributed by atoms with van der Waals surface area (Å²) in [5.74, 6) is -0.223. The molecule has 1 saturated heterocycles. The van der Waals surface area contributed by atoms with E-state index in [0.717, 1.165) is 18.6 Å². The minimum absolute atomic E-state index is 0.0267. The highest BCUT2D eigenvalue weighted by molar-refractivity contribution is 5.76. The lowest BCUT2D eigenvalue weighted by Crippen LogP contribution is -2.36. The maximum Gasteiger partial charge on any atom is 0.416 e. The molecule has 1 heterocycles. The quantitative estimate of drug-likeness (QED) is 0.886. The van der Waals surface area contributed by atoms with Crippen LogP contribution in [0.2, 0.25) is 0 Å². The molecule has 0 aromatic heterocycles. The van der Waals surface area contributed by atoms with E-state index >= 15 is 0 Å². The molecule has 4 nitrogen and oxygen atoms in total. The van der Waals surface area contributed by atoms with Gasteiger partial charge in [-0.1, -0.05) is 26.0 Å². The first-order chi connectivity index (χ1) is 11.3. The molecule has 0 unspecified atom stereocenters. The Kier molecular flexibility index (Phi) is 6.23. The van der Waals surface area contributed by atoms with Crippen molar-refractivity contribution in [2.45, 2.75) is 45.2 Å². The van der Waals surface area contributed by atoms with Crippen molar-refractivity contribution in [3.8, 4) is 0 Å². The van der Waals surface area contributed by atoms with Gasteiger partial charge in [0.05, 0.1) is 31.2 Å². The van der Waals surface area contributed by atoms with Gasteiger partial charge in [0.2, 0.25) is 5.91 Å². The number of rotatable bonds is 5. The van der Waals surface area contributed by atoms with Crippen LogP contribution in [0.1, 0.15) is 43.9 Å². The molecule has 1 amide bonds. The summed E-state index contributed by atoms with van der Waals surface area (Å²) in [7, 11) is 0. The molecule has 1 aliphatic rings. The topological polar surface area (TPSA) is 47.6 Å². The Morgan fingerprint density at radius 2 is 1.79 bits per heavy atom. The molecule has 24 heavy (non-hydrogen) atoms. The molecular weight excluding hydrogens is 323 g/mol. The van der Waals surface area contributed by atoms with Crippen molar-refractivity contribution in [3.63, 3.8) is 0 Å². The molecule has 1 aliphatic heterocycles. The molecule has 0 spiro atoms. The first-order valence-corrected chi connectivity index (χ1v) is 7.97. The fourth-order valence-electron chi connectivity index (χ4n) is 2.55. The number of halogens is 3. The summed E-state index contributed by atoms with van der Waals surface area (Å²) in [6.45, 7) is 4.92. The third-order valence-electron chi connectivity index (χ3n) is 3.83. The van der Waals surface area contributed by atoms with Crippen molar-refractivity contribution in [1.29, 1.82) is 0 Å². The summed E-state index contributed by atoms with van der Waals surface area (Å²) < 4.78 is 48.6. The molecular formula is C17H22F3NO3. The molecule has 1 atom stereocenters. The van der Waals surface area contributed by atoms with Gasteiger partial charge in [0.25, 0.3) is 0 Å². The second-order valence-corrected chi connectivity index (χ2v) is 6.14. The standard InChI is InChI=1S/C17H22F3NO3/c1-11(2)16(12-4-6-13(7-5-12)17(18,19)20)21-14(22)10-15-23-8-3-9-24-15/h4-7,11,15-16H,3,8-10H2,1-2H3,(H,21,22)/t16-/m1/s1. The molecule has 0 bridgehead atoms. The van der Waals surface area contributed by atoms with Crippen molar-refractivity contribution in [2.24, 2.45) is 5.92 Å². The van der Waals surface area contributed by atoms with Crippen molar-refractivity contribution in [3.05, 3.63) is 35.4 Å². The molecule has 2 rings (SSSR count). The molecule has 0 aliphatic carbocycles. The maximum atomic E-state index is 12.7. The summed E-state index contributed by atoms with van der Waals surface area (Å²) in [6.07, 6.45) is -4.05. The number of amides is 1. The Bertz CT molecular complexity index is 537. The van der Waals surface area contributed by atoms with Crippen LogP contribution >= 0.6 is 0 Å². The van der Waals surface area contributed by atoms with E-state index in [1.54, 1.807) is 0 Å². The Balaban J connectivity index is 2.02. The molecule has 1 N–H and O–H groups in total. The Labute approximate surface area is 139 Å². The van der Waals surface area contributed by atoms with E-state index in [1.165, 1.54) is 12.1 Å². The lowest BCUT2D eigenvalue weighted by Gasteiger charge is -2.26. The lowest BCUT2D eigenvalue weighted by molar-refractivity contribution is -0.184. The zero-order chi connectivity index (χ0) is 17.7. The van der Waals surface area contributed by atoms with Gasteiger partial charge < -0.3 is 14.8 Å². The Hall–Kier alpha value is -1.60. The van der Waals surface area contributed by atoms with E-state index in [9.17, 15) is 18.0 Å². The average molecular weight is 345 g/mol. The van der Waals surface area contributed by atoms with Crippen LogP contribution in [0.15, 0.2) is 24.3 Å². The lowest BCUT2D eigenvalue weighted by atomic mass is 9.95. The Morgan fingerprint density at radius 3 is 2.29 bits per heavy atom. The molecule has 0 radical (unpaired) electrons. The summed E-state index contributed by atoms with van der Waals surface area (Å²) in [5.41, 5.74) is -0.0686. The number of nitrogens with one attached hydrogen (secondary N) is 1. The van der Waals surface area contributed by atoms with E-state index in [-0.39, 0.29) is 24.3 Å². The van der Waals surface area contributed by atoms with E-state index in [1.807, 2.05) is 13.8 Å². The van der Waals surface area contributed by atoms with Crippen molar-refractivity contribution >= 4 is 5.91 Å². The number of carbonyl (C=O) groups is 1. The van der Waals surface area contributed by atoms with Crippen LogP contribution in [-0.2, 0) is 20.4 Å². The highest BCUT2D eigenvalue weighted by atomic mass is 19.4. The van der Waals surface area contributed by atoms with Gasteiger partial charge >= 0.3 is 6.18 Å². The highest BCUT2D eigenvalue weighted by Gasteiger charge is 2.30. The minimum Gasteiger partial charge on any atom is -0.352 e. The van der Waals surface area contributed by atoms with Gasteiger partial charge in [-0.3, -0.25) is 4.79 Å². The van der Waals surface area contributed by atoms with Crippen molar-refractivity contribution < 1.29 is 27.4 Å². The Morgan fingerprint density at radius 1 is 1.21 bits per heavy atom. The number of ether oxygens (including phenoxy) is 2. The van der Waals surface area contributed by atoms with Crippen LogP contribution in [0.4, 0.5) is 13.2 Å². The first kappa shape index (κ1) is 18.7. The summed E-state index contributed by atoms with van der Waals surface area (Å²) >= 11 is 0. The average Bonchev–Trinajstić information content (AvgIpc) is 2.52. The number of hydrogen-bond donors (Lipinski definition) is 1. The zero-order valence-corrected chi connectivity index (χ0v) is 13.7. The van der Waals surface area contributed by atoms with Crippen LogP contribution < -0.4 is 5.32 Å². The fourth-order valence-corrected chi connectivity index (χ4v) is 2.55. The van der Waals surface area contributed by atoms with E-state index in [2.05, 4.69) is 5.32 Å². The van der Waals surface area contributed by atoms with Crippen LogP contribution in [0.25, 0.3) is 0 Å². The SMILES string of the molecule is CC(C)[C@@H](NC(=O)CC1OCCCO1)c1ccc(C(F)(F)F)cc1. The van der Waals surface area contributed by atoms with Gasteiger partial charge in [-0.15, -0.1) is 0 Å². The largest absolute Gasteiger partial charge is 0.416 e. The van der Waals surface area contributed by atoms with E-state index in [4.69, 9.17) is 9.47 Å². The molecule has 134 valence electrons. The highest BCUT2D eigenvalue weighted by Crippen LogP contribution is 2.31. The summed E-state index contributed by atoms with van der Waals surface area (Å²) in [4.78, 5) is 12.2. The van der Waals surface area contributed by atoms with Gasteiger partial charge in [0.15, 0.2) is 6.29 Å². The van der Waals surface area contributed by atoms with Crippen molar-refractivity contribution in [2.75, 3.05) is 13.2 Å². The predicted molar refractivity (Wildman–Crippen MR) is 82.1 cm³/mol. The smallest absolute Gasteiger partial charge is 0.352 e. The molecule has 1 aromatic carbocycles. The fraction of sp³-hybridized carbons (Fsp3) is 0.588. The van der Waals surface area contributed by atoms with Gasteiger partial charge in [-0.05, 0) is 30.0 Å². The monoisotopic (exact) mass is 345 g/mol. The number of hydrogen-bond acceptors (Lipinski definition) is 3. The van der Waals surface area contributed by atoms with Crippen LogP contribution in [0.3, 0.4) is 0 Å². The third kappa shape index (κ3) is 5.21. The molecule has 7 heteroatoms. The number of alkyl halides is 3. The van der Waals surface area contributed by atoms with Crippen molar-refractivity contribution in [1.82, 2.24) is 5.32 Å². The second kappa shape index (κ2) is 7.98. The molecule has 0 saturated carbocycles. The normalized spacial score (nSPS) is 17.8. The summed E-state index contributed by atoms with van der Waals surface area (Å²) in [5, 5.41) is 2.86. The molecule has 1 aromatic rings. The van der Waals surface area contributed by atoms with Crippen LogP contribution in [0.5, 0.6) is 0 Å². The number of benzene rings is 1. The van der Waals surface area contributed by atoms with Gasteiger partial charge in [-0.25, -0.2) is 0 Å². The van der Waals surface area contributed by atoms with Gasteiger partial charge in [0.1, 0.15) is 0 Å². The first-order valence-electron chi connectivity index (χ1n) is 7.97. The number of carbonyl (C=O) groups excluding carboxylic acids is 1. The van der Waals surface area contributed by atoms with E-state index < -0.39 is 18.0 Å². The zero-order valence-electron chi connectivity index (χ0n) is 13.7.